The fourth-order valence-corrected chi connectivity index (χ4v) is 4.52. The molecule has 0 atom stereocenters. The molecule has 1 amide bonds. The van der Waals surface area contributed by atoms with Crippen molar-refractivity contribution in [3.05, 3.63) is 70.2 Å². The predicted molar refractivity (Wildman–Crippen MR) is 110 cm³/mol. The summed E-state index contributed by atoms with van der Waals surface area (Å²) >= 11 is 3.36. The second-order valence-corrected chi connectivity index (χ2v) is 9.20. The number of nitrogens with zero attached hydrogens (tertiary/aromatic N) is 1. The van der Waals surface area contributed by atoms with E-state index in [2.05, 4.69) is 27.2 Å². The van der Waals surface area contributed by atoms with Crippen LogP contribution in [0, 0.1) is 6.92 Å². The molecule has 3 rings (SSSR count). The molecule has 0 aromatic heterocycles. The number of amides is 1. The van der Waals surface area contributed by atoms with Crippen molar-refractivity contribution in [3.8, 4) is 0 Å². The number of nitrogens with one attached hydrogen (secondary N) is 1. The van der Waals surface area contributed by atoms with Crippen LogP contribution in [0.3, 0.4) is 0 Å². The van der Waals surface area contributed by atoms with Crippen LogP contribution in [0.5, 0.6) is 0 Å². The van der Waals surface area contributed by atoms with Gasteiger partial charge in [-0.25, -0.2) is 8.42 Å². The highest BCUT2D eigenvalue weighted by Crippen LogP contribution is 2.26. The molecule has 7 heteroatoms. The van der Waals surface area contributed by atoms with E-state index >= 15 is 0 Å². The zero-order valence-corrected chi connectivity index (χ0v) is 17.4. The van der Waals surface area contributed by atoms with Gasteiger partial charge in [-0.3, -0.25) is 9.52 Å². The molecule has 1 heterocycles. The summed E-state index contributed by atoms with van der Waals surface area (Å²) in [5, 5.41) is 0. The van der Waals surface area contributed by atoms with Gasteiger partial charge in [0.05, 0.1) is 10.6 Å². The van der Waals surface area contributed by atoms with Crippen LogP contribution in [0.15, 0.2) is 64.0 Å². The Morgan fingerprint density at radius 1 is 1.15 bits per heavy atom. The summed E-state index contributed by atoms with van der Waals surface area (Å²) < 4.78 is 28.8. The molecule has 27 heavy (non-hydrogen) atoms. The molecule has 1 saturated heterocycles. The topological polar surface area (TPSA) is 66.5 Å². The average molecular weight is 449 g/mol. The standard InChI is InChI=1S/C20H21BrN2O3S/c1-14-8-10-23(11-9-14)20(24)16-4-3-5-17(13-16)27(25,26)22-19-12-15(2)6-7-18(19)21/h3-7,12-13,22H,1,8-11H2,2H3. The lowest BCUT2D eigenvalue weighted by molar-refractivity contribution is 0.0743. The van der Waals surface area contributed by atoms with Crippen LogP contribution in [0.4, 0.5) is 5.69 Å². The van der Waals surface area contributed by atoms with Crippen molar-refractivity contribution in [3.63, 3.8) is 0 Å². The third-order valence-corrected chi connectivity index (χ3v) is 6.57. The lowest BCUT2D eigenvalue weighted by atomic mass is 10.0. The lowest BCUT2D eigenvalue weighted by Crippen LogP contribution is -2.36. The van der Waals surface area contributed by atoms with Crippen molar-refractivity contribution in [2.24, 2.45) is 0 Å². The zero-order valence-electron chi connectivity index (χ0n) is 15.0. The molecule has 2 aromatic rings. The Morgan fingerprint density at radius 2 is 1.85 bits per heavy atom. The number of carbonyl (C=O) groups is 1. The fraction of sp³-hybridized carbons (Fsp3) is 0.250. The second kappa shape index (κ2) is 7.86. The molecule has 0 unspecified atom stereocenters. The first-order valence-electron chi connectivity index (χ1n) is 8.61. The lowest BCUT2D eigenvalue weighted by Gasteiger charge is -2.28. The highest BCUT2D eigenvalue weighted by molar-refractivity contribution is 9.10. The smallest absolute Gasteiger partial charge is 0.261 e. The van der Waals surface area contributed by atoms with Gasteiger partial charge in [0.15, 0.2) is 0 Å². The molecule has 1 aliphatic heterocycles. The molecule has 0 radical (unpaired) electrons. The number of piperidine rings is 1. The second-order valence-electron chi connectivity index (χ2n) is 6.66. The molecular formula is C20H21BrN2O3S. The number of sulfonamides is 1. The SMILES string of the molecule is C=C1CCN(C(=O)c2cccc(S(=O)(=O)Nc3cc(C)ccc3Br)c2)CC1. The summed E-state index contributed by atoms with van der Waals surface area (Å²) in [6.45, 7) is 7.06. The molecule has 1 N–H and O–H groups in total. The minimum absolute atomic E-state index is 0.0585. The number of rotatable bonds is 4. The normalized spacial score (nSPS) is 14.9. The molecule has 142 valence electrons. The third-order valence-electron chi connectivity index (χ3n) is 4.52. The highest BCUT2D eigenvalue weighted by Gasteiger charge is 2.22. The van der Waals surface area contributed by atoms with Gasteiger partial charge in [-0.15, -0.1) is 0 Å². The fourth-order valence-electron chi connectivity index (χ4n) is 2.93. The van der Waals surface area contributed by atoms with Crippen LogP contribution in [-0.4, -0.2) is 32.3 Å². The van der Waals surface area contributed by atoms with Crippen LogP contribution >= 0.6 is 15.9 Å². The molecule has 1 fully saturated rings. The third kappa shape index (κ3) is 4.59. The maximum Gasteiger partial charge on any atom is 0.261 e. The number of anilines is 1. The molecule has 1 aliphatic rings. The predicted octanol–water partition coefficient (Wildman–Crippen LogP) is 4.35. The van der Waals surface area contributed by atoms with Gasteiger partial charge in [0.1, 0.15) is 0 Å². The van der Waals surface area contributed by atoms with E-state index in [1.54, 1.807) is 29.2 Å². The molecule has 5 nitrogen and oxygen atoms in total. The highest BCUT2D eigenvalue weighted by atomic mass is 79.9. The number of halogens is 1. The van der Waals surface area contributed by atoms with Crippen LogP contribution in [0.2, 0.25) is 0 Å². The molecule has 0 saturated carbocycles. The first-order valence-corrected chi connectivity index (χ1v) is 10.9. The Balaban J connectivity index is 1.84. The summed E-state index contributed by atoms with van der Waals surface area (Å²) in [7, 11) is -3.81. The molecular weight excluding hydrogens is 428 g/mol. The van der Waals surface area contributed by atoms with Gasteiger partial charge in [-0.2, -0.15) is 0 Å². The van der Waals surface area contributed by atoms with Crippen molar-refractivity contribution in [2.45, 2.75) is 24.7 Å². The maximum atomic E-state index is 12.8. The van der Waals surface area contributed by atoms with Gasteiger partial charge in [-0.05, 0) is 71.6 Å². The van der Waals surface area contributed by atoms with Gasteiger partial charge >= 0.3 is 0 Å². The summed E-state index contributed by atoms with van der Waals surface area (Å²) in [5.74, 6) is -0.156. The van der Waals surface area contributed by atoms with Crippen LogP contribution in [0.25, 0.3) is 0 Å². The number of benzene rings is 2. The van der Waals surface area contributed by atoms with Crippen molar-refractivity contribution < 1.29 is 13.2 Å². The van der Waals surface area contributed by atoms with E-state index in [9.17, 15) is 13.2 Å². The van der Waals surface area contributed by atoms with Gasteiger partial charge in [0.2, 0.25) is 0 Å². The van der Waals surface area contributed by atoms with Crippen molar-refractivity contribution in [1.29, 1.82) is 0 Å². The summed E-state index contributed by atoms with van der Waals surface area (Å²) in [4.78, 5) is 14.5. The Hall–Kier alpha value is -2.12. The van der Waals surface area contributed by atoms with E-state index in [0.717, 1.165) is 24.0 Å². The van der Waals surface area contributed by atoms with E-state index in [4.69, 9.17) is 0 Å². The average Bonchev–Trinajstić information content (AvgIpc) is 2.65. The number of hydrogen-bond acceptors (Lipinski definition) is 3. The van der Waals surface area contributed by atoms with E-state index in [0.29, 0.717) is 28.8 Å². The van der Waals surface area contributed by atoms with E-state index < -0.39 is 10.0 Å². The quantitative estimate of drug-likeness (QED) is 0.706. The number of carbonyl (C=O) groups excluding carboxylic acids is 1. The number of hydrogen-bond donors (Lipinski definition) is 1. The Labute approximate surface area is 168 Å². The molecule has 0 spiro atoms. The summed E-state index contributed by atoms with van der Waals surface area (Å²) in [5.41, 5.74) is 2.91. The Bertz CT molecular complexity index is 992. The van der Waals surface area contributed by atoms with E-state index in [-0.39, 0.29) is 10.8 Å². The van der Waals surface area contributed by atoms with E-state index in [1.807, 2.05) is 13.0 Å². The van der Waals surface area contributed by atoms with Gasteiger partial charge in [0.25, 0.3) is 15.9 Å². The Kier molecular flexibility index (Phi) is 5.72. The van der Waals surface area contributed by atoms with Crippen molar-refractivity contribution in [1.82, 2.24) is 4.90 Å². The van der Waals surface area contributed by atoms with Crippen LogP contribution in [0.1, 0.15) is 28.8 Å². The molecule has 0 aliphatic carbocycles. The van der Waals surface area contributed by atoms with Gasteiger partial charge < -0.3 is 4.90 Å². The Morgan fingerprint density at radius 3 is 2.56 bits per heavy atom. The molecule has 2 aromatic carbocycles. The van der Waals surface area contributed by atoms with Crippen molar-refractivity contribution in [2.75, 3.05) is 17.8 Å². The summed E-state index contributed by atoms with van der Waals surface area (Å²) in [6.07, 6.45) is 1.57. The molecule has 0 bridgehead atoms. The largest absolute Gasteiger partial charge is 0.338 e. The zero-order chi connectivity index (χ0) is 19.6. The number of likely N-dealkylation sites (tertiary alicyclic amines) is 1. The number of aryl methyl sites for hydroxylation is 1. The van der Waals surface area contributed by atoms with Crippen LogP contribution in [-0.2, 0) is 10.0 Å². The first kappa shape index (κ1) is 19.6. The maximum absolute atomic E-state index is 12.8. The van der Waals surface area contributed by atoms with Crippen molar-refractivity contribution >= 4 is 37.5 Å². The van der Waals surface area contributed by atoms with Crippen LogP contribution < -0.4 is 4.72 Å². The minimum atomic E-state index is -3.81. The summed E-state index contributed by atoms with van der Waals surface area (Å²) in [6, 6.07) is 11.6. The van der Waals surface area contributed by atoms with Gasteiger partial charge in [0, 0.05) is 23.1 Å². The van der Waals surface area contributed by atoms with E-state index in [1.165, 1.54) is 12.1 Å². The minimum Gasteiger partial charge on any atom is -0.338 e. The first-order chi connectivity index (χ1) is 12.8. The monoisotopic (exact) mass is 448 g/mol. The van der Waals surface area contributed by atoms with Gasteiger partial charge in [-0.1, -0.05) is 24.3 Å².